The Hall–Kier alpha value is -1.97. The molecule has 1 aromatic heterocycles. The van der Waals surface area contributed by atoms with Crippen molar-refractivity contribution in [3.63, 3.8) is 0 Å². The molecule has 18 heavy (non-hydrogen) atoms. The summed E-state index contributed by atoms with van der Waals surface area (Å²) in [7, 11) is 3.51. The number of hydrogen-bond donors (Lipinski definition) is 1. The summed E-state index contributed by atoms with van der Waals surface area (Å²) >= 11 is 0. The van der Waals surface area contributed by atoms with Gasteiger partial charge < -0.3 is 14.6 Å². The van der Waals surface area contributed by atoms with Crippen molar-refractivity contribution in [1.29, 1.82) is 0 Å². The summed E-state index contributed by atoms with van der Waals surface area (Å²) in [6, 6.07) is 5.77. The fourth-order valence-corrected chi connectivity index (χ4v) is 2.06. The van der Waals surface area contributed by atoms with Gasteiger partial charge in [0.1, 0.15) is 5.75 Å². The van der Waals surface area contributed by atoms with Gasteiger partial charge in [0.05, 0.1) is 12.2 Å². The average Bonchev–Trinajstić information content (AvgIpc) is 2.64. The third kappa shape index (κ3) is 2.06. The van der Waals surface area contributed by atoms with Crippen LogP contribution in [-0.4, -0.2) is 36.5 Å². The molecule has 1 N–H and O–H groups in total. The molecule has 2 aromatic rings. The number of H-pyrrole nitrogens is 1. The molecule has 0 unspecified atom stereocenters. The fourth-order valence-electron chi connectivity index (χ4n) is 2.06. The van der Waals surface area contributed by atoms with Gasteiger partial charge in [-0.05, 0) is 32.0 Å². The number of rotatable bonds is 3. The Morgan fingerprint density at radius 2 is 2.11 bits per heavy atom. The zero-order valence-corrected chi connectivity index (χ0v) is 11.2. The lowest BCUT2D eigenvalue weighted by atomic mass is 10.1. The Labute approximate surface area is 107 Å². The highest BCUT2D eigenvalue weighted by Gasteiger charge is 2.17. The first-order chi connectivity index (χ1) is 8.54. The van der Waals surface area contributed by atoms with E-state index in [2.05, 4.69) is 4.98 Å². The van der Waals surface area contributed by atoms with Crippen LogP contribution < -0.4 is 4.74 Å². The molecule has 0 spiro atoms. The largest absolute Gasteiger partial charge is 0.494 e. The second kappa shape index (κ2) is 4.72. The van der Waals surface area contributed by atoms with Crippen molar-refractivity contribution in [2.45, 2.75) is 13.8 Å². The third-order valence-electron chi connectivity index (χ3n) is 2.89. The van der Waals surface area contributed by atoms with Crippen molar-refractivity contribution in [2.24, 2.45) is 0 Å². The summed E-state index contributed by atoms with van der Waals surface area (Å²) in [5, 5.41) is 0.914. The monoisotopic (exact) mass is 246 g/mol. The number of aryl methyl sites for hydroxylation is 1. The molecule has 0 aliphatic rings. The lowest BCUT2D eigenvalue weighted by molar-refractivity contribution is 0.0829. The molecule has 1 heterocycles. The average molecular weight is 246 g/mol. The summed E-state index contributed by atoms with van der Waals surface area (Å²) in [6.45, 7) is 4.47. The second-order valence-electron chi connectivity index (χ2n) is 4.46. The Morgan fingerprint density at radius 1 is 1.39 bits per heavy atom. The molecule has 0 atom stereocenters. The van der Waals surface area contributed by atoms with Crippen LogP contribution in [0.1, 0.15) is 23.0 Å². The van der Waals surface area contributed by atoms with Crippen molar-refractivity contribution in [3.05, 3.63) is 29.5 Å². The molecule has 0 saturated carbocycles. The summed E-state index contributed by atoms with van der Waals surface area (Å²) in [5.41, 5.74) is 2.56. The number of aromatic amines is 1. The van der Waals surface area contributed by atoms with Crippen LogP contribution in [0.3, 0.4) is 0 Å². The quantitative estimate of drug-likeness (QED) is 0.904. The van der Waals surface area contributed by atoms with Crippen LogP contribution in [0, 0.1) is 6.92 Å². The first kappa shape index (κ1) is 12.5. The number of carbonyl (C=O) groups excluding carboxylic acids is 1. The number of carbonyl (C=O) groups is 1. The number of aromatic nitrogens is 1. The predicted octanol–water partition coefficient (Wildman–Crippen LogP) is 2.58. The van der Waals surface area contributed by atoms with Gasteiger partial charge in [0.25, 0.3) is 5.91 Å². The van der Waals surface area contributed by atoms with Crippen LogP contribution in [0.15, 0.2) is 18.2 Å². The predicted molar refractivity (Wildman–Crippen MR) is 72.2 cm³/mol. The first-order valence-corrected chi connectivity index (χ1v) is 6.01. The van der Waals surface area contributed by atoms with E-state index in [0.717, 1.165) is 27.9 Å². The van der Waals surface area contributed by atoms with E-state index in [-0.39, 0.29) is 5.91 Å². The number of fused-ring (bicyclic) bond motifs is 1. The van der Waals surface area contributed by atoms with Gasteiger partial charge in [-0.25, -0.2) is 0 Å². The van der Waals surface area contributed by atoms with Gasteiger partial charge in [-0.3, -0.25) is 4.79 Å². The maximum Gasteiger partial charge on any atom is 0.255 e. The van der Waals surface area contributed by atoms with E-state index in [9.17, 15) is 4.79 Å². The number of nitrogens with one attached hydrogen (secondary N) is 1. The zero-order chi connectivity index (χ0) is 13.3. The van der Waals surface area contributed by atoms with E-state index in [0.29, 0.717) is 6.61 Å². The first-order valence-electron chi connectivity index (χ1n) is 6.01. The standard InChI is InChI=1S/C14H18N2O2/c1-5-18-10-6-7-12-11(8-10)13(9(2)15-12)14(17)16(3)4/h6-8,15H,5H2,1-4H3. The Balaban J connectivity index is 2.60. The van der Waals surface area contributed by atoms with Crippen molar-refractivity contribution in [3.8, 4) is 5.75 Å². The van der Waals surface area contributed by atoms with Crippen LogP contribution in [0.25, 0.3) is 10.9 Å². The molecule has 0 radical (unpaired) electrons. The second-order valence-corrected chi connectivity index (χ2v) is 4.46. The maximum absolute atomic E-state index is 12.2. The number of ether oxygens (including phenoxy) is 1. The lowest BCUT2D eigenvalue weighted by Crippen LogP contribution is -2.22. The normalized spacial score (nSPS) is 10.7. The minimum absolute atomic E-state index is 0.00685. The van der Waals surface area contributed by atoms with E-state index >= 15 is 0 Å². The molecule has 0 saturated heterocycles. The van der Waals surface area contributed by atoms with Gasteiger partial charge in [-0.1, -0.05) is 0 Å². The van der Waals surface area contributed by atoms with E-state index in [1.807, 2.05) is 32.0 Å². The minimum atomic E-state index is 0.00685. The molecule has 0 aliphatic heterocycles. The van der Waals surface area contributed by atoms with E-state index in [1.54, 1.807) is 19.0 Å². The van der Waals surface area contributed by atoms with Crippen molar-refractivity contribution in [1.82, 2.24) is 9.88 Å². The Morgan fingerprint density at radius 3 is 2.72 bits per heavy atom. The van der Waals surface area contributed by atoms with Crippen LogP contribution in [-0.2, 0) is 0 Å². The molecule has 2 rings (SSSR count). The lowest BCUT2D eigenvalue weighted by Gasteiger charge is -2.10. The number of benzene rings is 1. The minimum Gasteiger partial charge on any atom is -0.494 e. The van der Waals surface area contributed by atoms with Crippen molar-refractivity contribution < 1.29 is 9.53 Å². The Bertz CT molecular complexity index is 585. The van der Waals surface area contributed by atoms with Crippen LogP contribution in [0.2, 0.25) is 0 Å². The molecular weight excluding hydrogens is 228 g/mol. The molecule has 0 bridgehead atoms. The highest BCUT2D eigenvalue weighted by atomic mass is 16.5. The summed E-state index contributed by atoms with van der Waals surface area (Å²) < 4.78 is 5.48. The summed E-state index contributed by atoms with van der Waals surface area (Å²) in [4.78, 5) is 17.0. The van der Waals surface area contributed by atoms with Gasteiger partial charge in [0.2, 0.25) is 0 Å². The highest BCUT2D eigenvalue weighted by Crippen LogP contribution is 2.27. The van der Waals surface area contributed by atoms with Crippen molar-refractivity contribution in [2.75, 3.05) is 20.7 Å². The molecule has 1 aromatic carbocycles. The number of nitrogens with zero attached hydrogens (tertiary/aromatic N) is 1. The molecule has 4 heteroatoms. The summed E-state index contributed by atoms with van der Waals surface area (Å²) in [5.74, 6) is 0.796. The van der Waals surface area contributed by atoms with Gasteiger partial charge >= 0.3 is 0 Å². The van der Waals surface area contributed by atoms with Crippen LogP contribution >= 0.6 is 0 Å². The Kier molecular flexibility index (Phi) is 3.28. The van der Waals surface area contributed by atoms with Gasteiger partial charge in [0, 0.05) is 30.7 Å². The maximum atomic E-state index is 12.2. The third-order valence-corrected chi connectivity index (χ3v) is 2.89. The van der Waals surface area contributed by atoms with E-state index in [1.165, 1.54) is 0 Å². The molecule has 0 aliphatic carbocycles. The molecule has 4 nitrogen and oxygen atoms in total. The molecule has 96 valence electrons. The van der Waals surface area contributed by atoms with Crippen LogP contribution in [0.5, 0.6) is 5.75 Å². The smallest absolute Gasteiger partial charge is 0.255 e. The summed E-state index contributed by atoms with van der Waals surface area (Å²) in [6.07, 6.45) is 0. The van der Waals surface area contributed by atoms with Gasteiger partial charge in [0.15, 0.2) is 0 Å². The number of amides is 1. The van der Waals surface area contributed by atoms with Gasteiger partial charge in [-0.15, -0.1) is 0 Å². The SMILES string of the molecule is CCOc1ccc2[nH]c(C)c(C(=O)N(C)C)c2c1. The molecule has 0 fully saturated rings. The van der Waals surface area contributed by atoms with E-state index < -0.39 is 0 Å². The highest BCUT2D eigenvalue weighted by molar-refractivity contribution is 6.08. The van der Waals surface area contributed by atoms with Crippen molar-refractivity contribution >= 4 is 16.8 Å². The molecule has 1 amide bonds. The molecular formula is C14H18N2O2. The van der Waals surface area contributed by atoms with Gasteiger partial charge in [-0.2, -0.15) is 0 Å². The van der Waals surface area contributed by atoms with Crippen LogP contribution in [0.4, 0.5) is 0 Å². The zero-order valence-electron chi connectivity index (χ0n) is 11.2. The topological polar surface area (TPSA) is 45.3 Å². The fraction of sp³-hybridized carbons (Fsp3) is 0.357. The van der Waals surface area contributed by atoms with E-state index in [4.69, 9.17) is 4.74 Å². The number of hydrogen-bond acceptors (Lipinski definition) is 2.